The number of carbonyl (C=O) groups is 2. The summed E-state index contributed by atoms with van der Waals surface area (Å²) in [6.45, 7) is 3.85. The molecule has 1 aliphatic rings. The maximum Gasteiger partial charge on any atom is 0.254 e. The van der Waals surface area contributed by atoms with Gasteiger partial charge in [0.25, 0.3) is 5.91 Å². The fraction of sp³-hybridized carbons (Fsp3) is 0.231. The molecule has 1 atom stereocenters. The number of pyridine rings is 2. The number of ketones is 1. The summed E-state index contributed by atoms with van der Waals surface area (Å²) in [6, 6.07) is 8.56. The van der Waals surface area contributed by atoms with Crippen molar-refractivity contribution in [1.82, 2.24) is 15.0 Å². The van der Waals surface area contributed by atoms with Crippen molar-refractivity contribution in [3.8, 4) is 11.6 Å². The third kappa shape index (κ3) is 3.96. The first-order valence-corrected chi connectivity index (χ1v) is 11.6. The second-order valence-corrected chi connectivity index (χ2v) is 9.35. The lowest BCUT2D eigenvalue weighted by molar-refractivity contribution is -0.124. The van der Waals surface area contributed by atoms with Crippen LogP contribution in [0.25, 0.3) is 11.0 Å². The lowest BCUT2D eigenvalue weighted by atomic mass is 9.95. The average Bonchev–Trinajstić information content (AvgIpc) is 3.27. The molecule has 1 unspecified atom stereocenters. The number of amides is 1. The molecule has 1 amide bonds. The highest BCUT2D eigenvalue weighted by atomic mass is 35.5. The number of benzene rings is 1. The van der Waals surface area contributed by atoms with Crippen LogP contribution >= 0.6 is 11.6 Å². The summed E-state index contributed by atoms with van der Waals surface area (Å²) < 4.78 is 11.1. The van der Waals surface area contributed by atoms with E-state index in [1.54, 1.807) is 56.8 Å². The molecule has 0 fully saturated rings. The predicted octanol–water partition coefficient (Wildman–Crippen LogP) is 4.74. The van der Waals surface area contributed by atoms with Gasteiger partial charge in [0.15, 0.2) is 5.78 Å². The third-order valence-corrected chi connectivity index (χ3v) is 6.51. The standard InChI is InChI=1S/C26H24ClN5O4/c1-14-7-8-28-20(9-14)36-15-5-6-16(18(27)10-15)23(33)17-11-29-24-21(17)22-19(12-30-24)32(3)25(34)26(2,31-22)13-35-4/h5-12,31H,13H2,1-4H3,(H,29,30). The van der Waals surface area contributed by atoms with Crippen molar-refractivity contribution < 1.29 is 19.1 Å². The second kappa shape index (κ2) is 8.92. The molecule has 0 aliphatic carbocycles. The SMILES string of the molecule is COCC1(C)Nc2c(cnc3[nH]cc(C(=O)c4ccc(Oc5cc(C)ccn5)cc4Cl)c23)N(C)C1=O. The molecule has 9 nitrogen and oxygen atoms in total. The van der Waals surface area contributed by atoms with Gasteiger partial charge in [0.1, 0.15) is 16.9 Å². The van der Waals surface area contributed by atoms with Gasteiger partial charge in [-0.3, -0.25) is 9.59 Å². The zero-order valence-electron chi connectivity index (χ0n) is 20.2. The first-order chi connectivity index (χ1) is 17.2. The molecular weight excluding hydrogens is 482 g/mol. The van der Waals surface area contributed by atoms with Gasteiger partial charge in [-0.25, -0.2) is 9.97 Å². The Balaban J connectivity index is 1.54. The van der Waals surface area contributed by atoms with Crippen molar-refractivity contribution in [2.45, 2.75) is 19.4 Å². The zero-order valence-corrected chi connectivity index (χ0v) is 20.9. The van der Waals surface area contributed by atoms with Crippen LogP contribution in [0.15, 0.2) is 48.9 Å². The number of aromatic amines is 1. The van der Waals surface area contributed by atoms with Gasteiger partial charge in [0, 0.05) is 44.2 Å². The van der Waals surface area contributed by atoms with Crippen LogP contribution in [0.2, 0.25) is 5.02 Å². The molecule has 0 bridgehead atoms. The van der Waals surface area contributed by atoms with E-state index in [2.05, 4.69) is 20.3 Å². The zero-order chi connectivity index (χ0) is 25.6. The normalized spacial score (nSPS) is 17.1. The summed E-state index contributed by atoms with van der Waals surface area (Å²) in [7, 11) is 3.21. The monoisotopic (exact) mass is 505 g/mol. The Kier molecular flexibility index (Phi) is 5.89. The topological polar surface area (TPSA) is 109 Å². The van der Waals surface area contributed by atoms with Crippen LogP contribution in [0.3, 0.4) is 0 Å². The molecule has 184 valence electrons. The number of fused-ring (bicyclic) bond motifs is 3. The maximum absolute atomic E-state index is 13.7. The summed E-state index contributed by atoms with van der Waals surface area (Å²) in [5.41, 5.74) is 2.37. The molecule has 0 saturated heterocycles. The van der Waals surface area contributed by atoms with Gasteiger partial charge in [0.05, 0.1) is 40.2 Å². The maximum atomic E-state index is 13.7. The van der Waals surface area contributed by atoms with Crippen LogP contribution in [0, 0.1) is 6.92 Å². The number of hydrogen-bond donors (Lipinski definition) is 2. The van der Waals surface area contributed by atoms with E-state index in [0.717, 1.165) is 5.56 Å². The minimum absolute atomic E-state index is 0.149. The molecule has 10 heteroatoms. The lowest BCUT2D eigenvalue weighted by Crippen LogP contribution is -2.57. The molecule has 1 aromatic carbocycles. The van der Waals surface area contributed by atoms with E-state index in [4.69, 9.17) is 21.1 Å². The summed E-state index contributed by atoms with van der Waals surface area (Å²) >= 11 is 6.53. The summed E-state index contributed by atoms with van der Waals surface area (Å²) in [4.78, 5) is 39.8. The van der Waals surface area contributed by atoms with Crippen molar-refractivity contribution in [2.75, 3.05) is 31.0 Å². The smallest absolute Gasteiger partial charge is 0.254 e. The molecule has 2 N–H and O–H groups in total. The number of hydrogen-bond acceptors (Lipinski definition) is 7. The molecule has 0 saturated carbocycles. The van der Waals surface area contributed by atoms with E-state index in [0.29, 0.717) is 45.2 Å². The van der Waals surface area contributed by atoms with Gasteiger partial charge < -0.3 is 24.7 Å². The fourth-order valence-corrected chi connectivity index (χ4v) is 4.67. The molecule has 36 heavy (non-hydrogen) atoms. The molecule has 0 radical (unpaired) electrons. The van der Waals surface area contributed by atoms with E-state index in [9.17, 15) is 9.59 Å². The average molecular weight is 506 g/mol. The van der Waals surface area contributed by atoms with Crippen molar-refractivity contribution in [3.63, 3.8) is 0 Å². The third-order valence-electron chi connectivity index (χ3n) is 6.20. The Hall–Kier alpha value is -3.95. The van der Waals surface area contributed by atoms with Gasteiger partial charge in [-0.05, 0) is 37.6 Å². The van der Waals surface area contributed by atoms with Crippen LogP contribution in [0.4, 0.5) is 11.4 Å². The molecule has 4 aromatic rings. The molecule has 1 aliphatic heterocycles. The number of carbonyl (C=O) groups excluding carboxylic acids is 2. The Morgan fingerprint density at radius 2 is 2.00 bits per heavy atom. The van der Waals surface area contributed by atoms with Crippen LogP contribution in [-0.4, -0.2) is 52.9 Å². The summed E-state index contributed by atoms with van der Waals surface area (Å²) in [5, 5.41) is 4.10. The Morgan fingerprint density at radius 3 is 2.72 bits per heavy atom. The van der Waals surface area contributed by atoms with E-state index in [1.165, 1.54) is 12.0 Å². The van der Waals surface area contributed by atoms with Gasteiger partial charge in [-0.15, -0.1) is 0 Å². The summed E-state index contributed by atoms with van der Waals surface area (Å²) in [6.07, 6.45) is 4.86. The molecule has 4 heterocycles. The highest BCUT2D eigenvalue weighted by molar-refractivity contribution is 6.36. The Morgan fingerprint density at radius 1 is 1.19 bits per heavy atom. The highest BCUT2D eigenvalue weighted by Crippen LogP contribution is 2.41. The quantitative estimate of drug-likeness (QED) is 0.364. The van der Waals surface area contributed by atoms with E-state index < -0.39 is 5.54 Å². The van der Waals surface area contributed by atoms with Crippen LogP contribution in [0.5, 0.6) is 11.6 Å². The molecule has 0 spiro atoms. The summed E-state index contributed by atoms with van der Waals surface area (Å²) in [5.74, 6) is 0.438. The van der Waals surface area contributed by atoms with E-state index in [1.807, 2.05) is 13.0 Å². The number of halogens is 1. The van der Waals surface area contributed by atoms with Gasteiger partial charge in [-0.1, -0.05) is 11.6 Å². The number of nitrogens with one attached hydrogen (secondary N) is 2. The number of aryl methyl sites for hydroxylation is 1. The highest BCUT2D eigenvalue weighted by Gasteiger charge is 2.42. The number of likely N-dealkylation sites (N-methyl/N-ethyl adjacent to an activating group) is 1. The van der Waals surface area contributed by atoms with Crippen LogP contribution in [-0.2, 0) is 9.53 Å². The number of anilines is 2. The van der Waals surface area contributed by atoms with Crippen molar-refractivity contribution in [3.05, 3.63) is 70.6 Å². The molecule has 5 rings (SSSR count). The number of H-pyrrole nitrogens is 1. The number of rotatable bonds is 6. The number of nitrogens with zero attached hydrogens (tertiary/aromatic N) is 3. The van der Waals surface area contributed by atoms with Crippen LogP contribution < -0.4 is 15.0 Å². The van der Waals surface area contributed by atoms with Crippen molar-refractivity contribution in [1.29, 1.82) is 0 Å². The largest absolute Gasteiger partial charge is 0.439 e. The molecular formula is C26H24ClN5O4. The number of aromatic nitrogens is 3. The van der Waals surface area contributed by atoms with Gasteiger partial charge in [-0.2, -0.15) is 0 Å². The van der Waals surface area contributed by atoms with E-state index >= 15 is 0 Å². The fourth-order valence-electron chi connectivity index (χ4n) is 4.41. The Bertz CT molecular complexity index is 1520. The van der Waals surface area contributed by atoms with Crippen molar-refractivity contribution in [2.24, 2.45) is 0 Å². The van der Waals surface area contributed by atoms with Crippen molar-refractivity contribution >= 4 is 45.7 Å². The first-order valence-electron chi connectivity index (χ1n) is 11.2. The molecule has 3 aromatic heterocycles. The predicted molar refractivity (Wildman–Crippen MR) is 137 cm³/mol. The minimum Gasteiger partial charge on any atom is -0.439 e. The first kappa shape index (κ1) is 23.8. The minimum atomic E-state index is -1.01. The van der Waals surface area contributed by atoms with Crippen LogP contribution in [0.1, 0.15) is 28.4 Å². The van der Waals surface area contributed by atoms with Gasteiger partial charge in [0.2, 0.25) is 5.88 Å². The Labute approximate surface area is 212 Å². The van der Waals surface area contributed by atoms with E-state index in [-0.39, 0.29) is 23.3 Å². The second-order valence-electron chi connectivity index (χ2n) is 8.94. The number of methoxy groups -OCH3 is 1. The lowest BCUT2D eigenvalue weighted by Gasteiger charge is -2.40. The van der Waals surface area contributed by atoms with Gasteiger partial charge >= 0.3 is 0 Å². The number of ether oxygens (including phenoxy) is 2.